The molecule has 1 aromatic carbocycles. The molecule has 23 heavy (non-hydrogen) atoms. The van der Waals surface area contributed by atoms with Crippen LogP contribution in [0.25, 0.3) is 0 Å². The molecule has 5 heteroatoms. The van der Waals surface area contributed by atoms with Crippen molar-refractivity contribution in [1.29, 1.82) is 0 Å². The fraction of sp³-hybridized carbons (Fsp3) is 0.389. The van der Waals surface area contributed by atoms with Crippen LogP contribution in [0.2, 0.25) is 0 Å². The van der Waals surface area contributed by atoms with Crippen molar-refractivity contribution in [2.45, 2.75) is 37.4 Å². The second-order valence-corrected chi connectivity index (χ2v) is 7.22. The van der Waals surface area contributed by atoms with E-state index in [1.165, 1.54) is 10.4 Å². The zero-order valence-electron chi connectivity index (χ0n) is 12.9. The molecular weight excluding hydrogens is 306 g/mol. The van der Waals surface area contributed by atoms with Gasteiger partial charge in [0.15, 0.2) is 0 Å². The van der Waals surface area contributed by atoms with Gasteiger partial charge < -0.3 is 4.90 Å². The summed E-state index contributed by atoms with van der Waals surface area (Å²) in [6.45, 7) is 0.871. The SMILES string of the molecule is O=C(C1CC(c2ccccc2)NN1)N1CCCC1c1cccs1. The maximum Gasteiger partial charge on any atom is 0.241 e. The molecule has 2 aromatic rings. The Morgan fingerprint density at radius 1 is 1.13 bits per heavy atom. The largest absolute Gasteiger partial charge is 0.333 e. The average molecular weight is 327 g/mol. The number of hydrazine groups is 1. The van der Waals surface area contributed by atoms with E-state index >= 15 is 0 Å². The number of likely N-dealkylation sites (tertiary alicyclic amines) is 1. The topological polar surface area (TPSA) is 44.4 Å². The number of carbonyl (C=O) groups is 1. The Morgan fingerprint density at radius 2 is 2.00 bits per heavy atom. The second kappa shape index (κ2) is 6.43. The van der Waals surface area contributed by atoms with Gasteiger partial charge in [0.25, 0.3) is 0 Å². The lowest BCUT2D eigenvalue weighted by Crippen LogP contribution is -2.45. The summed E-state index contributed by atoms with van der Waals surface area (Å²) in [5.74, 6) is 0.229. The highest BCUT2D eigenvalue weighted by Crippen LogP contribution is 2.35. The van der Waals surface area contributed by atoms with Gasteiger partial charge >= 0.3 is 0 Å². The lowest BCUT2D eigenvalue weighted by molar-refractivity contribution is -0.134. The Labute approximate surface area is 140 Å². The molecule has 3 atom stereocenters. The van der Waals surface area contributed by atoms with E-state index in [0.717, 1.165) is 25.8 Å². The summed E-state index contributed by atoms with van der Waals surface area (Å²) in [5, 5.41) is 2.09. The van der Waals surface area contributed by atoms with Crippen LogP contribution in [0.15, 0.2) is 47.8 Å². The second-order valence-electron chi connectivity index (χ2n) is 6.25. The van der Waals surface area contributed by atoms with E-state index in [2.05, 4.69) is 45.4 Å². The molecule has 0 spiro atoms. The first-order valence-electron chi connectivity index (χ1n) is 8.23. The van der Waals surface area contributed by atoms with Gasteiger partial charge in [-0.3, -0.25) is 4.79 Å². The summed E-state index contributed by atoms with van der Waals surface area (Å²) in [5.41, 5.74) is 7.72. The minimum absolute atomic E-state index is 0.138. The zero-order chi connectivity index (χ0) is 15.6. The molecule has 4 rings (SSSR count). The predicted molar refractivity (Wildman–Crippen MR) is 91.9 cm³/mol. The number of benzene rings is 1. The van der Waals surface area contributed by atoms with Gasteiger partial charge in [0, 0.05) is 17.5 Å². The molecule has 2 aliphatic rings. The molecule has 2 aliphatic heterocycles. The monoisotopic (exact) mass is 327 g/mol. The molecule has 2 N–H and O–H groups in total. The third kappa shape index (κ3) is 2.92. The van der Waals surface area contributed by atoms with Crippen LogP contribution in [0.5, 0.6) is 0 Å². The first-order valence-corrected chi connectivity index (χ1v) is 9.11. The minimum Gasteiger partial charge on any atom is -0.333 e. The number of hydrogen-bond donors (Lipinski definition) is 2. The molecule has 4 nitrogen and oxygen atoms in total. The molecule has 3 heterocycles. The van der Waals surface area contributed by atoms with Crippen LogP contribution in [0, 0.1) is 0 Å². The molecular formula is C18H21N3OS. The molecule has 3 unspecified atom stereocenters. The highest BCUT2D eigenvalue weighted by Gasteiger charge is 2.38. The number of amides is 1. The summed E-state index contributed by atoms with van der Waals surface area (Å²) < 4.78 is 0. The van der Waals surface area contributed by atoms with Crippen molar-refractivity contribution in [2.75, 3.05) is 6.54 Å². The van der Waals surface area contributed by atoms with E-state index in [4.69, 9.17) is 0 Å². The van der Waals surface area contributed by atoms with Gasteiger partial charge in [-0.2, -0.15) is 0 Å². The molecule has 120 valence electrons. The van der Waals surface area contributed by atoms with Crippen LogP contribution in [0.1, 0.15) is 41.8 Å². The van der Waals surface area contributed by atoms with Gasteiger partial charge in [0.2, 0.25) is 5.91 Å². The van der Waals surface area contributed by atoms with Crippen LogP contribution in [0.4, 0.5) is 0 Å². The van der Waals surface area contributed by atoms with Crippen LogP contribution in [0.3, 0.4) is 0 Å². The van der Waals surface area contributed by atoms with Crippen molar-refractivity contribution in [2.24, 2.45) is 0 Å². The normalized spacial score (nSPS) is 27.5. The molecule has 2 saturated heterocycles. The summed E-state index contributed by atoms with van der Waals surface area (Å²) >= 11 is 1.75. The van der Waals surface area contributed by atoms with Gasteiger partial charge in [-0.05, 0) is 36.3 Å². The third-order valence-corrected chi connectivity index (χ3v) is 5.78. The van der Waals surface area contributed by atoms with E-state index in [1.54, 1.807) is 11.3 Å². The van der Waals surface area contributed by atoms with E-state index in [-0.39, 0.29) is 24.0 Å². The average Bonchev–Trinajstić information content (AvgIpc) is 3.34. The quantitative estimate of drug-likeness (QED) is 0.911. The number of nitrogens with one attached hydrogen (secondary N) is 2. The molecule has 0 radical (unpaired) electrons. The van der Waals surface area contributed by atoms with Gasteiger partial charge in [0.1, 0.15) is 6.04 Å². The van der Waals surface area contributed by atoms with Gasteiger partial charge in [-0.15, -0.1) is 11.3 Å². The van der Waals surface area contributed by atoms with E-state index in [0.29, 0.717) is 0 Å². The number of carbonyl (C=O) groups excluding carboxylic acids is 1. The maximum atomic E-state index is 13.0. The van der Waals surface area contributed by atoms with Crippen LogP contribution in [-0.2, 0) is 4.79 Å². The number of nitrogens with zero attached hydrogens (tertiary/aromatic N) is 1. The summed E-state index contributed by atoms with van der Waals surface area (Å²) in [7, 11) is 0. The molecule has 0 bridgehead atoms. The van der Waals surface area contributed by atoms with Crippen molar-refractivity contribution in [3.63, 3.8) is 0 Å². The lowest BCUT2D eigenvalue weighted by atomic mass is 10.0. The highest BCUT2D eigenvalue weighted by atomic mass is 32.1. The Balaban J connectivity index is 1.45. The zero-order valence-corrected chi connectivity index (χ0v) is 13.8. The van der Waals surface area contributed by atoms with Crippen molar-refractivity contribution < 1.29 is 4.79 Å². The van der Waals surface area contributed by atoms with Crippen molar-refractivity contribution in [3.05, 3.63) is 58.3 Å². The summed E-state index contributed by atoms with van der Waals surface area (Å²) in [6.07, 6.45) is 2.97. The van der Waals surface area contributed by atoms with Crippen LogP contribution in [-0.4, -0.2) is 23.4 Å². The first-order chi connectivity index (χ1) is 11.3. The third-order valence-electron chi connectivity index (χ3n) is 4.81. The fourth-order valence-corrected chi connectivity index (χ4v) is 4.50. The number of thiophene rings is 1. The smallest absolute Gasteiger partial charge is 0.241 e. The number of rotatable bonds is 3. The molecule has 0 saturated carbocycles. The summed E-state index contributed by atoms with van der Waals surface area (Å²) in [6, 6.07) is 14.9. The Hall–Kier alpha value is -1.69. The van der Waals surface area contributed by atoms with Gasteiger partial charge in [-0.25, -0.2) is 10.9 Å². The highest BCUT2D eigenvalue weighted by molar-refractivity contribution is 7.10. The van der Waals surface area contributed by atoms with Crippen molar-refractivity contribution in [3.8, 4) is 0 Å². The van der Waals surface area contributed by atoms with E-state index in [9.17, 15) is 4.79 Å². The van der Waals surface area contributed by atoms with Gasteiger partial charge in [-0.1, -0.05) is 36.4 Å². The molecule has 1 aromatic heterocycles. The predicted octanol–water partition coefficient (Wildman–Crippen LogP) is 3.02. The number of hydrogen-bond acceptors (Lipinski definition) is 4. The standard InChI is InChI=1S/C18H21N3OS/c22-18(21-10-4-8-16(21)17-9-5-11-23-17)15-12-14(19-20-15)13-6-2-1-3-7-13/h1-3,5-7,9,11,14-16,19-20H,4,8,10,12H2. The first kappa shape index (κ1) is 14.9. The molecule has 1 amide bonds. The Bertz CT molecular complexity index is 658. The Morgan fingerprint density at radius 3 is 2.78 bits per heavy atom. The maximum absolute atomic E-state index is 13.0. The minimum atomic E-state index is -0.138. The van der Waals surface area contributed by atoms with E-state index in [1.807, 2.05) is 18.2 Å². The van der Waals surface area contributed by atoms with Crippen molar-refractivity contribution in [1.82, 2.24) is 15.8 Å². The van der Waals surface area contributed by atoms with E-state index < -0.39 is 0 Å². The molecule has 2 fully saturated rings. The van der Waals surface area contributed by atoms with Gasteiger partial charge in [0.05, 0.1) is 6.04 Å². The Kier molecular flexibility index (Phi) is 4.16. The molecule has 0 aliphatic carbocycles. The van der Waals surface area contributed by atoms with Crippen LogP contribution < -0.4 is 10.9 Å². The lowest BCUT2D eigenvalue weighted by Gasteiger charge is -2.26. The fourth-order valence-electron chi connectivity index (χ4n) is 3.63. The van der Waals surface area contributed by atoms with Crippen molar-refractivity contribution >= 4 is 17.2 Å². The summed E-state index contributed by atoms with van der Waals surface area (Å²) in [4.78, 5) is 16.3. The van der Waals surface area contributed by atoms with Crippen LogP contribution >= 0.6 is 11.3 Å².